The maximum absolute atomic E-state index is 11.6. The van der Waals surface area contributed by atoms with Crippen LogP contribution in [0, 0.1) is 0 Å². The fourth-order valence-corrected chi connectivity index (χ4v) is 2.30. The van der Waals surface area contributed by atoms with Crippen LogP contribution in [0.4, 0.5) is 5.69 Å². The third kappa shape index (κ3) is 5.50. The number of benzene rings is 1. The van der Waals surface area contributed by atoms with Gasteiger partial charge in [0.2, 0.25) is 5.91 Å². The van der Waals surface area contributed by atoms with Crippen LogP contribution in [-0.2, 0) is 9.59 Å². The maximum atomic E-state index is 11.6. The Morgan fingerprint density at radius 1 is 1.24 bits per heavy atom. The van der Waals surface area contributed by atoms with Crippen molar-refractivity contribution in [2.45, 2.75) is 19.3 Å². The number of fused-ring (bicyclic) bond motifs is 1. The van der Waals surface area contributed by atoms with Crippen LogP contribution >= 0.6 is 15.9 Å². The number of carbonyl (C=O) groups is 2. The van der Waals surface area contributed by atoms with E-state index in [9.17, 15) is 14.7 Å². The summed E-state index contributed by atoms with van der Waals surface area (Å²) in [5, 5.41) is 12.9. The average molecular weight is 366 g/mol. The van der Waals surface area contributed by atoms with Gasteiger partial charge in [0, 0.05) is 30.6 Å². The number of nitrogens with one attached hydrogen (secondary N) is 1. The number of halogens is 1. The van der Waals surface area contributed by atoms with E-state index in [0.717, 1.165) is 6.42 Å². The van der Waals surface area contributed by atoms with Gasteiger partial charge in [0.25, 0.3) is 0 Å². The zero-order valence-corrected chi connectivity index (χ0v) is 15.2. The number of ether oxygens (including phenoxy) is 2. The van der Waals surface area contributed by atoms with Crippen molar-refractivity contribution < 1.29 is 53.7 Å². The first-order chi connectivity index (χ1) is 9.56. The molecule has 1 aromatic carbocycles. The summed E-state index contributed by atoms with van der Waals surface area (Å²) >= 11 is 3.36. The van der Waals surface area contributed by atoms with E-state index in [4.69, 9.17) is 9.47 Å². The first-order valence-electron chi connectivity index (χ1n) is 6.15. The van der Waals surface area contributed by atoms with Gasteiger partial charge in [-0.1, -0.05) is 0 Å². The number of anilines is 1. The molecular weight excluding hydrogens is 353 g/mol. The molecular formula is C13H13BrNNaO5. The SMILES string of the molecule is O=C([O-])CCC(=O)Nc1cc(Br)c2c(c1)OCCCO2.[Na+]. The Morgan fingerprint density at radius 2 is 1.95 bits per heavy atom. The minimum absolute atomic E-state index is 0. The molecule has 2 rings (SSSR count). The van der Waals surface area contributed by atoms with Gasteiger partial charge in [-0.3, -0.25) is 4.79 Å². The van der Waals surface area contributed by atoms with Crippen LogP contribution in [0.5, 0.6) is 11.5 Å². The van der Waals surface area contributed by atoms with Crippen LogP contribution in [0.25, 0.3) is 0 Å². The first-order valence-corrected chi connectivity index (χ1v) is 6.94. The summed E-state index contributed by atoms with van der Waals surface area (Å²) < 4.78 is 11.8. The standard InChI is InChI=1S/C13H14BrNO5.Na/c14-9-6-8(15-11(16)2-3-12(17)18)7-10-13(9)20-5-1-4-19-10;/h6-7H,1-5H2,(H,15,16)(H,17,18);/q;+1/p-1. The van der Waals surface area contributed by atoms with Crippen LogP contribution in [-0.4, -0.2) is 25.1 Å². The average Bonchev–Trinajstić information content (AvgIpc) is 2.62. The molecule has 0 spiro atoms. The second-order valence-electron chi connectivity index (χ2n) is 4.26. The predicted molar refractivity (Wildman–Crippen MR) is 72.6 cm³/mol. The van der Waals surface area contributed by atoms with Gasteiger partial charge < -0.3 is 24.7 Å². The Kier molecular flexibility index (Phi) is 7.51. The number of aliphatic carboxylic acids is 1. The molecule has 1 aliphatic rings. The molecule has 1 N–H and O–H groups in total. The molecule has 0 bridgehead atoms. The van der Waals surface area contributed by atoms with Gasteiger partial charge in [-0.15, -0.1) is 0 Å². The number of carboxylic acid groups (broad SMARTS) is 1. The van der Waals surface area contributed by atoms with Crippen LogP contribution in [0.2, 0.25) is 0 Å². The monoisotopic (exact) mass is 365 g/mol. The molecule has 0 unspecified atom stereocenters. The largest absolute Gasteiger partial charge is 1.00 e. The minimum atomic E-state index is -1.25. The predicted octanol–water partition coefficient (Wildman–Crippen LogP) is -1.92. The van der Waals surface area contributed by atoms with Crippen LogP contribution in [0.3, 0.4) is 0 Å². The molecule has 0 atom stereocenters. The normalized spacial score (nSPS) is 12.8. The fraction of sp³-hybridized carbons (Fsp3) is 0.385. The molecule has 0 saturated heterocycles. The van der Waals surface area contributed by atoms with Crippen LogP contribution in [0.15, 0.2) is 16.6 Å². The summed E-state index contributed by atoms with van der Waals surface area (Å²) in [6.45, 7) is 1.12. The van der Waals surface area contributed by atoms with Crippen molar-refractivity contribution in [3.63, 3.8) is 0 Å². The quantitative estimate of drug-likeness (QED) is 0.628. The number of rotatable bonds is 4. The van der Waals surface area contributed by atoms with Crippen molar-refractivity contribution in [2.24, 2.45) is 0 Å². The number of carbonyl (C=O) groups excluding carboxylic acids is 2. The topological polar surface area (TPSA) is 87.7 Å². The number of amides is 1. The zero-order chi connectivity index (χ0) is 14.5. The molecule has 1 aromatic rings. The molecule has 0 aromatic heterocycles. The Morgan fingerprint density at radius 3 is 2.67 bits per heavy atom. The molecule has 1 heterocycles. The van der Waals surface area contributed by atoms with E-state index < -0.39 is 11.9 Å². The summed E-state index contributed by atoms with van der Waals surface area (Å²) in [6, 6.07) is 3.34. The number of carboxylic acids is 1. The fourth-order valence-electron chi connectivity index (χ4n) is 1.74. The second kappa shape index (κ2) is 8.63. The van der Waals surface area contributed by atoms with Crippen molar-refractivity contribution in [1.29, 1.82) is 0 Å². The molecule has 1 amide bonds. The van der Waals surface area contributed by atoms with Gasteiger partial charge in [0.05, 0.1) is 17.7 Å². The van der Waals surface area contributed by atoms with Crippen molar-refractivity contribution >= 4 is 33.5 Å². The minimum Gasteiger partial charge on any atom is -0.550 e. The van der Waals surface area contributed by atoms with E-state index in [0.29, 0.717) is 34.9 Å². The van der Waals surface area contributed by atoms with Crippen molar-refractivity contribution in [1.82, 2.24) is 0 Å². The summed E-state index contributed by atoms with van der Waals surface area (Å²) in [7, 11) is 0. The first kappa shape index (κ1) is 18.3. The molecule has 0 fully saturated rings. The van der Waals surface area contributed by atoms with E-state index in [2.05, 4.69) is 21.2 Å². The summed E-state index contributed by atoms with van der Waals surface area (Å²) in [5.74, 6) is -0.488. The second-order valence-corrected chi connectivity index (χ2v) is 5.11. The maximum Gasteiger partial charge on any atom is 1.00 e. The van der Waals surface area contributed by atoms with Gasteiger partial charge in [0.1, 0.15) is 0 Å². The van der Waals surface area contributed by atoms with Gasteiger partial charge in [-0.2, -0.15) is 0 Å². The molecule has 1 aliphatic heterocycles. The smallest absolute Gasteiger partial charge is 0.550 e. The Balaban J connectivity index is 0.00000220. The van der Waals surface area contributed by atoms with Crippen molar-refractivity contribution in [3.8, 4) is 11.5 Å². The molecule has 0 saturated carbocycles. The molecule has 6 nitrogen and oxygen atoms in total. The molecule has 8 heteroatoms. The van der Waals surface area contributed by atoms with Crippen LogP contribution in [0.1, 0.15) is 19.3 Å². The summed E-state index contributed by atoms with van der Waals surface area (Å²) in [6.07, 6.45) is 0.348. The summed E-state index contributed by atoms with van der Waals surface area (Å²) in [4.78, 5) is 21.9. The molecule has 108 valence electrons. The van der Waals surface area contributed by atoms with E-state index in [1.54, 1.807) is 12.1 Å². The Hall–Kier alpha value is -0.760. The molecule has 21 heavy (non-hydrogen) atoms. The van der Waals surface area contributed by atoms with Crippen molar-refractivity contribution in [2.75, 3.05) is 18.5 Å². The van der Waals surface area contributed by atoms with Gasteiger partial charge in [-0.25, -0.2) is 0 Å². The third-order valence-electron chi connectivity index (χ3n) is 2.64. The number of hydrogen-bond acceptors (Lipinski definition) is 5. The van der Waals surface area contributed by atoms with Crippen LogP contribution < -0.4 is 49.5 Å². The van der Waals surface area contributed by atoms with Gasteiger partial charge in [-0.05, 0) is 28.4 Å². The van der Waals surface area contributed by atoms with Crippen molar-refractivity contribution in [3.05, 3.63) is 16.6 Å². The van der Waals surface area contributed by atoms with Gasteiger partial charge in [0.15, 0.2) is 11.5 Å². The van der Waals surface area contributed by atoms with E-state index in [1.165, 1.54) is 0 Å². The zero-order valence-electron chi connectivity index (χ0n) is 11.6. The van der Waals surface area contributed by atoms with E-state index in [-0.39, 0.29) is 42.4 Å². The third-order valence-corrected chi connectivity index (χ3v) is 3.23. The number of hydrogen-bond donors (Lipinski definition) is 1. The molecule has 0 radical (unpaired) electrons. The Labute approximate surface area is 152 Å². The molecule has 0 aliphatic carbocycles. The van der Waals surface area contributed by atoms with E-state index in [1.807, 2.05) is 0 Å². The Bertz CT molecular complexity index is 538. The van der Waals surface area contributed by atoms with E-state index >= 15 is 0 Å². The van der Waals surface area contributed by atoms with Gasteiger partial charge >= 0.3 is 29.6 Å². The summed E-state index contributed by atoms with van der Waals surface area (Å²) in [5.41, 5.74) is 0.518.